The molecule has 106 valence electrons. The van der Waals surface area contributed by atoms with Crippen molar-refractivity contribution in [3.05, 3.63) is 0 Å². The largest absolute Gasteiger partial charge is 0.396 e. The average molecular weight is 254 g/mol. The van der Waals surface area contributed by atoms with E-state index in [1.54, 1.807) is 0 Å². The smallest absolute Gasteiger partial charge is 0.0771 e. The van der Waals surface area contributed by atoms with Crippen LogP contribution in [0.5, 0.6) is 0 Å². The van der Waals surface area contributed by atoms with Crippen molar-refractivity contribution in [3.8, 4) is 0 Å². The summed E-state index contributed by atoms with van der Waals surface area (Å²) in [4.78, 5) is 0. The molecule has 0 fully saturated rings. The zero-order valence-electron chi connectivity index (χ0n) is 10.2. The van der Waals surface area contributed by atoms with Crippen LogP contribution < -0.4 is 0 Å². The van der Waals surface area contributed by atoms with Crippen molar-refractivity contribution in [2.24, 2.45) is 0 Å². The molecule has 0 bridgehead atoms. The van der Waals surface area contributed by atoms with Gasteiger partial charge in [0.05, 0.1) is 25.4 Å². The Bertz CT molecular complexity index is 133. The molecule has 6 N–H and O–H groups in total. The molecule has 0 aliphatic rings. The number of aliphatic hydroxyl groups excluding tert-OH is 6. The van der Waals surface area contributed by atoms with Crippen LogP contribution in [-0.2, 0) is 0 Å². The Balaban J connectivity index is 0. The van der Waals surface area contributed by atoms with Crippen LogP contribution in [0, 0.1) is 0 Å². The van der Waals surface area contributed by atoms with Crippen molar-refractivity contribution in [2.75, 3.05) is 26.4 Å². The van der Waals surface area contributed by atoms with Gasteiger partial charge in [-0.1, -0.05) is 0 Å². The lowest BCUT2D eigenvalue weighted by Crippen LogP contribution is -2.11. The van der Waals surface area contributed by atoms with Crippen LogP contribution in [0.1, 0.15) is 32.1 Å². The molecular formula is C11H26O6. The Morgan fingerprint density at radius 3 is 1.35 bits per heavy atom. The van der Waals surface area contributed by atoms with Crippen molar-refractivity contribution in [2.45, 2.75) is 44.3 Å². The van der Waals surface area contributed by atoms with Crippen LogP contribution in [0.25, 0.3) is 0 Å². The fourth-order valence-corrected chi connectivity index (χ4v) is 1.00. The molecular weight excluding hydrogens is 228 g/mol. The fourth-order valence-electron chi connectivity index (χ4n) is 1.00. The lowest BCUT2D eigenvalue weighted by molar-refractivity contribution is 0.0817. The molecule has 0 rings (SSSR count). The highest BCUT2D eigenvalue weighted by Gasteiger charge is 1.99. The van der Waals surface area contributed by atoms with Gasteiger partial charge in [-0.05, 0) is 32.1 Å². The van der Waals surface area contributed by atoms with Gasteiger partial charge in [0.25, 0.3) is 0 Å². The number of hydrogen-bond acceptors (Lipinski definition) is 6. The van der Waals surface area contributed by atoms with E-state index in [-0.39, 0.29) is 26.4 Å². The summed E-state index contributed by atoms with van der Waals surface area (Å²) in [5.41, 5.74) is 0. The maximum absolute atomic E-state index is 8.75. The van der Waals surface area contributed by atoms with Crippen LogP contribution >= 0.6 is 0 Å². The molecule has 6 nitrogen and oxygen atoms in total. The van der Waals surface area contributed by atoms with E-state index < -0.39 is 12.2 Å². The van der Waals surface area contributed by atoms with Crippen LogP contribution in [0.15, 0.2) is 0 Å². The molecule has 0 aliphatic heterocycles. The first-order valence-corrected chi connectivity index (χ1v) is 5.91. The van der Waals surface area contributed by atoms with E-state index in [0.717, 1.165) is 6.42 Å². The molecule has 0 saturated heterocycles. The van der Waals surface area contributed by atoms with Crippen molar-refractivity contribution in [1.29, 1.82) is 0 Å². The Hall–Kier alpha value is -0.240. The van der Waals surface area contributed by atoms with E-state index >= 15 is 0 Å². The molecule has 0 aliphatic carbocycles. The van der Waals surface area contributed by atoms with Gasteiger partial charge in [0.15, 0.2) is 0 Å². The van der Waals surface area contributed by atoms with E-state index in [4.69, 9.17) is 30.6 Å². The van der Waals surface area contributed by atoms with Gasteiger partial charge in [0.2, 0.25) is 0 Å². The van der Waals surface area contributed by atoms with Gasteiger partial charge in [-0.3, -0.25) is 0 Å². The molecule has 0 amide bonds. The SMILES string of the molecule is OCCCC(O)CO.OCCCCC(O)CO. The van der Waals surface area contributed by atoms with Crippen molar-refractivity contribution in [1.82, 2.24) is 0 Å². The minimum absolute atomic E-state index is 0.0804. The zero-order valence-corrected chi connectivity index (χ0v) is 10.2. The van der Waals surface area contributed by atoms with Gasteiger partial charge in [-0.15, -0.1) is 0 Å². The first-order valence-electron chi connectivity index (χ1n) is 5.91. The fraction of sp³-hybridized carbons (Fsp3) is 1.00. The Morgan fingerprint density at radius 2 is 1.00 bits per heavy atom. The van der Waals surface area contributed by atoms with Crippen molar-refractivity contribution >= 4 is 0 Å². The molecule has 0 aromatic carbocycles. The van der Waals surface area contributed by atoms with Crippen molar-refractivity contribution < 1.29 is 30.6 Å². The Morgan fingerprint density at radius 1 is 0.588 bits per heavy atom. The second-order valence-electron chi connectivity index (χ2n) is 3.76. The number of unbranched alkanes of at least 4 members (excludes halogenated alkanes) is 1. The highest BCUT2D eigenvalue weighted by Crippen LogP contribution is 1.98. The van der Waals surface area contributed by atoms with E-state index in [2.05, 4.69) is 0 Å². The lowest BCUT2D eigenvalue weighted by atomic mass is 10.2. The minimum Gasteiger partial charge on any atom is -0.396 e. The minimum atomic E-state index is -0.651. The van der Waals surface area contributed by atoms with E-state index in [9.17, 15) is 0 Å². The van der Waals surface area contributed by atoms with E-state index in [0.29, 0.717) is 25.7 Å². The zero-order chi connectivity index (χ0) is 13.5. The topological polar surface area (TPSA) is 121 Å². The molecule has 0 saturated carbocycles. The lowest BCUT2D eigenvalue weighted by Gasteiger charge is -2.03. The quantitative estimate of drug-likeness (QED) is 0.282. The highest BCUT2D eigenvalue weighted by molar-refractivity contribution is 4.51. The first-order chi connectivity index (χ1) is 8.12. The maximum Gasteiger partial charge on any atom is 0.0771 e. The number of rotatable bonds is 9. The molecule has 6 heteroatoms. The summed E-state index contributed by atoms with van der Waals surface area (Å²) in [7, 11) is 0. The molecule has 2 atom stereocenters. The van der Waals surface area contributed by atoms with Gasteiger partial charge in [-0.25, -0.2) is 0 Å². The van der Waals surface area contributed by atoms with Gasteiger partial charge in [0.1, 0.15) is 0 Å². The molecule has 0 radical (unpaired) electrons. The Kier molecular flexibility index (Phi) is 17.7. The standard InChI is InChI=1S/C6H14O3.C5H12O3/c7-4-2-1-3-6(9)5-8;6-3-1-2-5(8)4-7/h6-9H,1-5H2;5-8H,1-4H2. The van der Waals surface area contributed by atoms with E-state index in [1.165, 1.54) is 0 Å². The monoisotopic (exact) mass is 254 g/mol. The van der Waals surface area contributed by atoms with Crippen LogP contribution in [0.2, 0.25) is 0 Å². The maximum atomic E-state index is 8.75. The number of hydrogen-bond donors (Lipinski definition) is 6. The van der Waals surface area contributed by atoms with Crippen molar-refractivity contribution in [3.63, 3.8) is 0 Å². The third kappa shape index (κ3) is 18.3. The second-order valence-corrected chi connectivity index (χ2v) is 3.76. The molecule has 0 aromatic rings. The van der Waals surface area contributed by atoms with Gasteiger partial charge in [-0.2, -0.15) is 0 Å². The van der Waals surface area contributed by atoms with Crippen LogP contribution in [0.4, 0.5) is 0 Å². The van der Waals surface area contributed by atoms with Gasteiger partial charge >= 0.3 is 0 Å². The molecule has 17 heavy (non-hydrogen) atoms. The average Bonchev–Trinajstić information content (AvgIpc) is 2.36. The summed E-state index contributed by atoms with van der Waals surface area (Å²) in [6.07, 6.45) is 1.85. The third-order valence-electron chi connectivity index (χ3n) is 2.06. The summed E-state index contributed by atoms with van der Waals surface area (Å²) in [5, 5.41) is 50.5. The molecule has 2 unspecified atom stereocenters. The third-order valence-corrected chi connectivity index (χ3v) is 2.06. The summed E-state index contributed by atoms with van der Waals surface area (Å²) >= 11 is 0. The summed E-state index contributed by atoms with van der Waals surface area (Å²) in [6, 6.07) is 0. The highest BCUT2D eigenvalue weighted by atomic mass is 16.3. The normalized spacial score (nSPS) is 13.8. The Labute approximate surface area is 102 Å². The summed E-state index contributed by atoms with van der Waals surface area (Å²) in [6.45, 7) is -0.138. The van der Waals surface area contributed by atoms with Gasteiger partial charge < -0.3 is 30.6 Å². The first kappa shape index (κ1) is 19.1. The predicted octanol–water partition coefficient (Wildman–Crippen LogP) is -1.39. The van der Waals surface area contributed by atoms with E-state index in [1.807, 2.05) is 0 Å². The van der Waals surface area contributed by atoms with Crippen LogP contribution in [-0.4, -0.2) is 69.3 Å². The molecule has 0 heterocycles. The molecule has 0 aromatic heterocycles. The van der Waals surface area contributed by atoms with Gasteiger partial charge in [0, 0.05) is 13.2 Å². The predicted molar refractivity (Wildman–Crippen MR) is 63.4 cm³/mol. The summed E-state index contributed by atoms with van der Waals surface area (Å²) in [5.74, 6) is 0. The molecule has 0 spiro atoms. The summed E-state index contributed by atoms with van der Waals surface area (Å²) < 4.78 is 0. The number of aliphatic hydroxyl groups is 6. The second kappa shape index (κ2) is 15.8. The van der Waals surface area contributed by atoms with Crippen LogP contribution in [0.3, 0.4) is 0 Å².